The van der Waals surface area contributed by atoms with Crippen molar-refractivity contribution in [3.63, 3.8) is 0 Å². The van der Waals surface area contributed by atoms with Crippen molar-refractivity contribution in [1.29, 1.82) is 0 Å². The maximum Gasteiger partial charge on any atom is 0.119 e. The van der Waals surface area contributed by atoms with Crippen LogP contribution >= 0.6 is 0 Å². The lowest BCUT2D eigenvalue weighted by molar-refractivity contribution is 0.0321. The summed E-state index contributed by atoms with van der Waals surface area (Å²) in [5.74, 6) is 1.80. The SMILES string of the molecule is CCCCCCCCC1(CCCCCCCC)c2ccccc2-c2ccc(-c3ccc4c(c3)C(c3ccc(OCCN5CCOCC5)cc3)(c3ccc(OCCN5CCOCC5)cc3)c3cc(-c5ccc6c(c5)C(CCCCCCCC)(CCCCCCCC)c5ccccc5-6)ccc3-4)cc21. The van der Waals surface area contributed by atoms with Crippen LogP contribution in [-0.2, 0) is 25.7 Å². The number of hydrogen-bond donors (Lipinski definition) is 0. The van der Waals surface area contributed by atoms with E-state index in [-0.39, 0.29) is 10.8 Å². The van der Waals surface area contributed by atoms with Crippen LogP contribution in [0.5, 0.6) is 11.5 Å². The number of unbranched alkanes of at least 4 members (excludes halogenated alkanes) is 20. The third-order valence-electron chi connectivity index (χ3n) is 24.3. The molecule has 0 spiro atoms. The summed E-state index contributed by atoms with van der Waals surface area (Å²) in [5, 5.41) is 0. The minimum absolute atomic E-state index is 0.0227. The molecule has 0 N–H and O–H groups in total. The Morgan fingerprint density at radius 2 is 0.584 bits per heavy atom. The number of nitrogens with zero attached hydrogens (tertiary/aromatic N) is 2. The topological polar surface area (TPSA) is 43.4 Å². The minimum atomic E-state index is -0.714. The second kappa shape index (κ2) is 35.6. The highest BCUT2D eigenvalue weighted by Crippen LogP contribution is 2.61. The van der Waals surface area contributed by atoms with Gasteiger partial charge in [0.25, 0.3) is 0 Å². The first kappa shape index (κ1) is 72.5. The quantitative estimate of drug-likeness (QED) is 0.0357. The van der Waals surface area contributed by atoms with Gasteiger partial charge in [-0.2, -0.15) is 0 Å². The van der Waals surface area contributed by atoms with Gasteiger partial charge in [0.1, 0.15) is 24.7 Å². The van der Waals surface area contributed by atoms with E-state index in [0.717, 1.165) is 77.2 Å². The molecule has 2 fully saturated rings. The molecule has 0 aromatic heterocycles. The fourth-order valence-electron chi connectivity index (χ4n) is 18.7. The van der Waals surface area contributed by atoms with E-state index in [9.17, 15) is 0 Å². The first-order valence-corrected chi connectivity index (χ1v) is 40.8. The Bertz CT molecular complexity index is 3620. The number of hydrogen-bond acceptors (Lipinski definition) is 6. The Morgan fingerprint density at radius 1 is 0.297 bits per heavy atom. The predicted molar refractivity (Wildman–Crippen MR) is 425 cm³/mol. The number of benzene rings is 8. The van der Waals surface area contributed by atoms with Crippen molar-refractivity contribution >= 4 is 0 Å². The molecular formula is C95H120N2O4. The standard InChI is InChI=1S/C95H120N2O4/c1-5-9-13-17-21-29-53-93(54-30-22-18-14-10-6-2)87-35-27-25-33-81(87)83-49-37-73(69-89(83)93)75-39-51-85-86-52-40-76(74-38-50-84-82-34-26-28-36-88(82)94(90(84)70-74,55-31-23-19-15-11-7-3)56-32-24-20-16-12-8-4)72-92(86)95(91(85)71-75,77-41-45-79(46-42-77)100-67-61-96-57-63-98-64-58-96)78-43-47-80(48-44-78)101-68-62-97-59-65-99-66-60-97/h25-28,33-52,69-72H,5-24,29-32,53-68H2,1-4H3. The Labute approximate surface area is 609 Å². The zero-order valence-corrected chi connectivity index (χ0v) is 62.5. The molecule has 2 heterocycles. The molecule has 8 aromatic carbocycles. The number of fused-ring (bicyclic) bond motifs is 9. The molecule has 3 aliphatic carbocycles. The highest BCUT2D eigenvalue weighted by Gasteiger charge is 2.48. The second-order valence-electron chi connectivity index (χ2n) is 30.8. The molecule has 8 aromatic rings. The summed E-state index contributed by atoms with van der Waals surface area (Å²) in [6, 6.07) is 68.1. The Kier molecular flexibility index (Phi) is 25.6. The average molecular weight is 1350 g/mol. The van der Waals surface area contributed by atoms with Crippen LogP contribution in [0.25, 0.3) is 55.6 Å². The van der Waals surface area contributed by atoms with Gasteiger partial charge in [-0.3, -0.25) is 9.80 Å². The molecule has 0 bridgehead atoms. The third kappa shape index (κ3) is 16.1. The highest BCUT2D eigenvalue weighted by atomic mass is 16.5. The van der Waals surface area contributed by atoms with Crippen LogP contribution in [0.4, 0.5) is 0 Å². The van der Waals surface area contributed by atoms with Crippen LogP contribution < -0.4 is 9.47 Å². The minimum Gasteiger partial charge on any atom is -0.492 e. The lowest BCUT2D eigenvalue weighted by Gasteiger charge is -2.35. The van der Waals surface area contributed by atoms with E-state index in [1.165, 1.54) is 258 Å². The van der Waals surface area contributed by atoms with Crippen LogP contribution in [0.2, 0.25) is 0 Å². The van der Waals surface area contributed by atoms with Crippen molar-refractivity contribution in [2.75, 3.05) is 78.9 Å². The van der Waals surface area contributed by atoms with Crippen LogP contribution in [0.1, 0.15) is 252 Å². The van der Waals surface area contributed by atoms with Crippen molar-refractivity contribution < 1.29 is 18.9 Å². The fourth-order valence-corrected chi connectivity index (χ4v) is 18.7. The molecule has 101 heavy (non-hydrogen) atoms. The van der Waals surface area contributed by atoms with Gasteiger partial charge in [0.05, 0.1) is 31.8 Å². The van der Waals surface area contributed by atoms with Gasteiger partial charge in [0, 0.05) is 50.1 Å². The lowest BCUT2D eigenvalue weighted by atomic mass is 9.67. The van der Waals surface area contributed by atoms with Gasteiger partial charge in [-0.05, 0) is 174 Å². The van der Waals surface area contributed by atoms with Crippen molar-refractivity contribution in [3.8, 4) is 67.1 Å². The molecule has 0 radical (unpaired) electrons. The van der Waals surface area contributed by atoms with E-state index in [4.69, 9.17) is 18.9 Å². The smallest absolute Gasteiger partial charge is 0.119 e. The molecule has 2 saturated heterocycles. The summed E-state index contributed by atoms with van der Waals surface area (Å²) < 4.78 is 24.8. The van der Waals surface area contributed by atoms with Gasteiger partial charge < -0.3 is 18.9 Å². The van der Waals surface area contributed by atoms with Gasteiger partial charge in [-0.25, -0.2) is 0 Å². The summed E-state index contributed by atoms with van der Waals surface area (Å²) in [6.07, 6.45) is 36.1. The maximum absolute atomic E-state index is 6.68. The summed E-state index contributed by atoms with van der Waals surface area (Å²) in [5.41, 5.74) is 24.1. The average Bonchev–Trinajstić information content (AvgIpc) is 1.55. The zero-order chi connectivity index (χ0) is 69.1. The monoisotopic (exact) mass is 1350 g/mol. The van der Waals surface area contributed by atoms with Gasteiger partial charge in [-0.1, -0.05) is 303 Å². The van der Waals surface area contributed by atoms with E-state index in [1.807, 2.05) is 0 Å². The normalized spacial score (nSPS) is 16.2. The molecule has 0 saturated carbocycles. The van der Waals surface area contributed by atoms with Crippen LogP contribution in [0.15, 0.2) is 170 Å². The number of ether oxygens (including phenoxy) is 4. The number of morpholine rings is 2. The first-order valence-electron chi connectivity index (χ1n) is 40.8. The van der Waals surface area contributed by atoms with Gasteiger partial charge in [0.15, 0.2) is 0 Å². The van der Waals surface area contributed by atoms with E-state index >= 15 is 0 Å². The molecule has 0 unspecified atom stereocenters. The fraction of sp³-hybridized carbons (Fsp3) is 0.495. The zero-order valence-electron chi connectivity index (χ0n) is 62.5. The summed E-state index contributed by atoms with van der Waals surface area (Å²) in [4.78, 5) is 4.92. The van der Waals surface area contributed by atoms with E-state index in [2.05, 4.69) is 207 Å². The van der Waals surface area contributed by atoms with Crippen molar-refractivity contribution in [2.24, 2.45) is 0 Å². The van der Waals surface area contributed by atoms with Crippen LogP contribution in [0, 0.1) is 0 Å². The number of rotatable bonds is 40. The Hall–Kier alpha value is -6.80. The molecule has 6 heteroatoms. The summed E-state index contributed by atoms with van der Waals surface area (Å²) in [7, 11) is 0. The van der Waals surface area contributed by atoms with E-state index < -0.39 is 5.41 Å². The summed E-state index contributed by atoms with van der Waals surface area (Å²) >= 11 is 0. The van der Waals surface area contributed by atoms with Crippen molar-refractivity contribution in [1.82, 2.24) is 9.80 Å². The van der Waals surface area contributed by atoms with Gasteiger partial charge in [0.2, 0.25) is 0 Å². The highest BCUT2D eigenvalue weighted by molar-refractivity contribution is 5.92. The molecular weight excluding hydrogens is 1230 g/mol. The van der Waals surface area contributed by atoms with Crippen molar-refractivity contribution in [3.05, 3.63) is 214 Å². The molecule has 13 rings (SSSR count). The molecule has 0 amide bonds. The van der Waals surface area contributed by atoms with E-state index in [1.54, 1.807) is 22.3 Å². The lowest BCUT2D eigenvalue weighted by Crippen LogP contribution is -2.38. The molecule has 534 valence electrons. The van der Waals surface area contributed by atoms with Crippen LogP contribution in [-0.4, -0.2) is 88.7 Å². The second-order valence-corrected chi connectivity index (χ2v) is 30.8. The maximum atomic E-state index is 6.68. The molecule has 6 nitrogen and oxygen atoms in total. The molecule has 0 atom stereocenters. The van der Waals surface area contributed by atoms with Gasteiger partial charge in [-0.15, -0.1) is 0 Å². The molecule has 5 aliphatic rings. The summed E-state index contributed by atoms with van der Waals surface area (Å²) in [6.45, 7) is 19.3. The van der Waals surface area contributed by atoms with E-state index in [0.29, 0.717) is 13.2 Å². The largest absolute Gasteiger partial charge is 0.492 e. The van der Waals surface area contributed by atoms with Crippen molar-refractivity contribution in [2.45, 2.75) is 224 Å². The Morgan fingerprint density at radius 3 is 0.921 bits per heavy atom. The Balaban J connectivity index is 0.944. The van der Waals surface area contributed by atoms with Gasteiger partial charge >= 0.3 is 0 Å². The molecule has 2 aliphatic heterocycles. The van der Waals surface area contributed by atoms with Crippen LogP contribution in [0.3, 0.4) is 0 Å². The predicted octanol–water partition coefficient (Wildman–Crippen LogP) is 24.3. The third-order valence-corrected chi connectivity index (χ3v) is 24.3. The first-order chi connectivity index (χ1) is 49.9.